The van der Waals surface area contributed by atoms with Crippen molar-refractivity contribution in [3.8, 4) is 5.75 Å². The lowest BCUT2D eigenvalue weighted by molar-refractivity contribution is 0.144. The van der Waals surface area contributed by atoms with E-state index in [1.165, 1.54) is 12.8 Å². The Morgan fingerprint density at radius 3 is 2.54 bits per heavy atom. The summed E-state index contributed by atoms with van der Waals surface area (Å²) in [4.78, 5) is 11.5. The summed E-state index contributed by atoms with van der Waals surface area (Å²) in [7, 11) is 3.61. The fraction of sp³-hybridized carbons (Fsp3) is 0.650. The largest absolute Gasteiger partial charge is 0.506 e. The number of nitrogens with one attached hydrogen (secondary N) is 1. The fourth-order valence-corrected chi connectivity index (χ4v) is 3.66. The van der Waals surface area contributed by atoms with Gasteiger partial charge in [-0.3, -0.25) is 9.89 Å². The normalized spacial score (nSPS) is 17.6. The standard InChI is InChI=1S/C20H33N5O2.HI/c1-21-20(22-9-10-23(15-16-27-2)17-7-8-17)25-13-11-24(12-14-25)18-5-3-4-6-19(18)26;/h3-6,17,26H,7-16H2,1-2H3,(H,21,22);1H. The van der Waals surface area contributed by atoms with Gasteiger partial charge in [-0.15, -0.1) is 24.0 Å². The second-order valence-electron chi connectivity index (χ2n) is 7.20. The Morgan fingerprint density at radius 2 is 1.93 bits per heavy atom. The van der Waals surface area contributed by atoms with Crippen LogP contribution in [0.5, 0.6) is 5.75 Å². The van der Waals surface area contributed by atoms with Gasteiger partial charge >= 0.3 is 0 Å². The van der Waals surface area contributed by atoms with Gasteiger partial charge in [0.2, 0.25) is 0 Å². The molecule has 0 amide bonds. The van der Waals surface area contributed by atoms with Crippen molar-refractivity contribution >= 4 is 35.6 Å². The number of hydrogen-bond acceptors (Lipinski definition) is 5. The lowest BCUT2D eigenvalue weighted by Gasteiger charge is -2.38. The first-order chi connectivity index (χ1) is 13.2. The Balaban J connectivity index is 0.00000280. The van der Waals surface area contributed by atoms with E-state index in [0.29, 0.717) is 5.75 Å². The van der Waals surface area contributed by atoms with Crippen LogP contribution in [0.2, 0.25) is 0 Å². The van der Waals surface area contributed by atoms with E-state index in [1.54, 1.807) is 13.2 Å². The number of piperazine rings is 1. The number of anilines is 1. The summed E-state index contributed by atoms with van der Waals surface area (Å²) in [5.41, 5.74) is 0.915. The average molecular weight is 503 g/mol. The number of ether oxygens (including phenoxy) is 1. The lowest BCUT2D eigenvalue weighted by Crippen LogP contribution is -2.53. The molecule has 0 atom stereocenters. The summed E-state index contributed by atoms with van der Waals surface area (Å²) >= 11 is 0. The van der Waals surface area contributed by atoms with Crippen LogP contribution in [0.4, 0.5) is 5.69 Å². The summed E-state index contributed by atoms with van der Waals surface area (Å²) in [5.74, 6) is 1.32. The number of halogens is 1. The molecule has 158 valence electrons. The van der Waals surface area contributed by atoms with Gasteiger partial charge in [0.05, 0.1) is 12.3 Å². The first-order valence-corrected chi connectivity index (χ1v) is 9.94. The summed E-state index contributed by atoms with van der Waals surface area (Å²) in [6, 6.07) is 8.29. The zero-order valence-electron chi connectivity index (χ0n) is 17.0. The maximum absolute atomic E-state index is 10.1. The minimum Gasteiger partial charge on any atom is -0.506 e. The van der Waals surface area contributed by atoms with Crippen LogP contribution >= 0.6 is 24.0 Å². The van der Waals surface area contributed by atoms with Crippen molar-refractivity contribution in [2.24, 2.45) is 4.99 Å². The highest BCUT2D eigenvalue weighted by molar-refractivity contribution is 14.0. The number of aliphatic imine (C=N–C) groups is 1. The van der Waals surface area contributed by atoms with Gasteiger partial charge in [0.25, 0.3) is 0 Å². The molecule has 2 fully saturated rings. The van der Waals surface area contributed by atoms with Crippen LogP contribution in [-0.4, -0.2) is 93.5 Å². The van der Waals surface area contributed by atoms with Gasteiger partial charge in [-0.25, -0.2) is 0 Å². The first-order valence-electron chi connectivity index (χ1n) is 9.94. The van der Waals surface area contributed by atoms with Crippen molar-refractivity contribution in [2.45, 2.75) is 18.9 Å². The van der Waals surface area contributed by atoms with E-state index in [9.17, 15) is 5.11 Å². The molecule has 7 nitrogen and oxygen atoms in total. The van der Waals surface area contributed by atoms with Crippen molar-refractivity contribution in [3.63, 3.8) is 0 Å². The van der Waals surface area contributed by atoms with Crippen LogP contribution in [0, 0.1) is 0 Å². The van der Waals surface area contributed by atoms with E-state index in [-0.39, 0.29) is 24.0 Å². The monoisotopic (exact) mass is 503 g/mol. The van der Waals surface area contributed by atoms with Crippen LogP contribution in [0.3, 0.4) is 0 Å². The van der Waals surface area contributed by atoms with Crippen molar-refractivity contribution in [2.75, 3.05) is 71.5 Å². The van der Waals surface area contributed by atoms with Crippen molar-refractivity contribution in [3.05, 3.63) is 24.3 Å². The van der Waals surface area contributed by atoms with Gasteiger partial charge in [0.1, 0.15) is 5.75 Å². The molecule has 1 aromatic carbocycles. The highest BCUT2D eigenvalue weighted by atomic mass is 127. The Labute approximate surface area is 185 Å². The third kappa shape index (κ3) is 6.38. The minimum absolute atomic E-state index is 0. The summed E-state index contributed by atoms with van der Waals surface area (Å²) in [5, 5.41) is 13.6. The highest BCUT2D eigenvalue weighted by Gasteiger charge is 2.28. The lowest BCUT2D eigenvalue weighted by atomic mass is 10.2. The number of hydrogen-bond donors (Lipinski definition) is 2. The molecule has 28 heavy (non-hydrogen) atoms. The predicted octanol–water partition coefficient (Wildman–Crippen LogP) is 1.82. The maximum Gasteiger partial charge on any atom is 0.193 e. The Kier molecular flexibility index (Phi) is 9.60. The van der Waals surface area contributed by atoms with E-state index in [2.05, 4.69) is 25.0 Å². The molecule has 1 saturated carbocycles. The molecule has 0 bridgehead atoms. The predicted molar refractivity (Wildman–Crippen MR) is 125 cm³/mol. The maximum atomic E-state index is 10.1. The van der Waals surface area contributed by atoms with Crippen LogP contribution < -0.4 is 10.2 Å². The zero-order chi connectivity index (χ0) is 19.1. The number of guanidine groups is 1. The Bertz CT molecular complexity index is 618. The molecular formula is C20H34IN5O2. The molecule has 0 radical (unpaired) electrons. The molecule has 0 aromatic heterocycles. The van der Waals surface area contributed by atoms with E-state index >= 15 is 0 Å². The van der Waals surface area contributed by atoms with Gasteiger partial charge in [0.15, 0.2) is 5.96 Å². The zero-order valence-corrected chi connectivity index (χ0v) is 19.3. The summed E-state index contributed by atoms with van der Waals surface area (Å²) in [6.45, 7) is 7.24. The van der Waals surface area contributed by atoms with Crippen LogP contribution in [-0.2, 0) is 4.74 Å². The number of phenolic OH excluding ortho intramolecular Hbond substituents is 1. The van der Waals surface area contributed by atoms with Crippen LogP contribution in [0.15, 0.2) is 29.3 Å². The van der Waals surface area contributed by atoms with Gasteiger partial charge < -0.3 is 25.0 Å². The van der Waals surface area contributed by atoms with E-state index in [0.717, 1.165) is 70.1 Å². The molecule has 2 aliphatic rings. The molecule has 2 N–H and O–H groups in total. The molecule has 1 aromatic rings. The molecule has 0 spiro atoms. The SMILES string of the molecule is CN=C(NCCN(CCOC)C1CC1)N1CCN(c2ccccc2O)CC1.I. The van der Waals surface area contributed by atoms with Gasteiger partial charge in [0, 0.05) is 66.0 Å². The number of rotatable bonds is 8. The first kappa shape index (κ1) is 23.0. The smallest absolute Gasteiger partial charge is 0.193 e. The molecular weight excluding hydrogens is 469 g/mol. The molecule has 8 heteroatoms. The molecule has 1 heterocycles. The third-order valence-electron chi connectivity index (χ3n) is 5.34. The van der Waals surface area contributed by atoms with E-state index in [4.69, 9.17) is 4.74 Å². The number of methoxy groups -OCH3 is 1. The van der Waals surface area contributed by atoms with Crippen molar-refractivity contribution in [1.29, 1.82) is 0 Å². The molecule has 3 rings (SSSR count). The van der Waals surface area contributed by atoms with Crippen LogP contribution in [0.25, 0.3) is 0 Å². The minimum atomic E-state index is 0. The Hall–Kier alpha value is -1.26. The fourth-order valence-electron chi connectivity index (χ4n) is 3.66. The molecule has 0 unspecified atom stereocenters. The third-order valence-corrected chi connectivity index (χ3v) is 5.34. The van der Waals surface area contributed by atoms with E-state index < -0.39 is 0 Å². The van der Waals surface area contributed by atoms with Gasteiger partial charge in [-0.1, -0.05) is 12.1 Å². The second kappa shape index (κ2) is 11.7. The number of aromatic hydroxyl groups is 1. The molecule has 1 aliphatic carbocycles. The van der Waals surface area contributed by atoms with Crippen molar-refractivity contribution < 1.29 is 9.84 Å². The summed E-state index contributed by atoms with van der Waals surface area (Å²) in [6.07, 6.45) is 2.62. The molecule has 1 saturated heterocycles. The van der Waals surface area contributed by atoms with E-state index in [1.807, 2.05) is 25.2 Å². The van der Waals surface area contributed by atoms with Gasteiger partial charge in [-0.05, 0) is 25.0 Å². The topological polar surface area (TPSA) is 63.6 Å². The number of benzene rings is 1. The number of phenols is 1. The van der Waals surface area contributed by atoms with Gasteiger partial charge in [-0.2, -0.15) is 0 Å². The average Bonchev–Trinajstić information content (AvgIpc) is 3.53. The molecule has 1 aliphatic heterocycles. The van der Waals surface area contributed by atoms with Crippen LogP contribution in [0.1, 0.15) is 12.8 Å². The quantitative estimate of drug-likeness (QED) is 0.321. The summed E-state index contributed by atoms with van der Waals surface area (Å²) < 4.78 is 5.23. The second-order valence-corrected chi connectivity index (χ2v) is 7.20. The highest BCUT2D eigenvalue weighted by Crippen LogP contribution is 2.27. The number of nitrogens with zero attached hydrogens (tertiary/aromatic N) is 4. The van der Waals surface area contributed by atoms with Crippen molar-refractivity contribution in [1.82, 2.24) is 15.1 Å². The number of para-hydroxylation sites is 2. The Morgan fingerprint density at radius 1 is 1.21 bits per heavy atom.